The molecule has 3 aromatic rings. The van der Waals surface area contributed by atoms with E-state index < -0.39 is 5.54 Å². The first-order valence-electron chi connectivity index (χ1n) is 10.4. The molecule has 7 heteroatoms. The molecule has 5 nitrogen and oxygen atoms in total. The van der Waals surface area contributed by atoms with Crippen molar-refractivity contribution in [3.8, 4) is 0 Å². The predicted molar refractivity (Wildman–Crippen MR) is 122 cm³/mol. The zero-order valence-corrected chi connectivity index (χ0v) is 18.6. The normalized spacial score (nSPS) is 22.0. The Morgan fingerprint density at radius 3 is 2.73 bits per heavy atom. The van der Waals surface area contributed by atoms with Gasteiger partial charge in [-0.1, -0.05) is 24.4 Å². The van der Waals surface area contributed by atoms with Crippen LogP contribution < -0.4 is 10.2 Å². The molecule has 30 heavy (non-hydrogen) atoms. The molecule has 1 fully saturated rings. The molecule has 1 unspecified atom stereocenters. The Labute approximate surface area is 184 Å². The van der Waals surface area contributed by atoms with Gasteiger partial charge in [0.05, 0.1) is 6.54 Å². The van der Waals surface area contributed by atoms with Crippen molar-refractivity contribution >= 4 is 50.7 Å². The SMILES string of the molecule is Cc1cc(Cl)ccc1N1C(=O)c2cc3ccsc3n2CC1(C)C(=O)NC1CCCC1. The minimum atomic E-state index is -1.04. The molecule has 1 saturated carbocycles. The number of nitrogens with zero attached hydrogens (tertiary/aromatic N) is 2. The molecule has 0 spiro atoms. The summed E-state index contributed by atoms with van der Waals surface area (Å²) in [7, 11) is 0. The van der Waals surface area contributed by atoms with Crippen molar-refractivity contribution in [2.45, 2.75) is 57.7 Å². The van der Waals surface area contributed by atoms with E-state index in [0.717, 1.165) is 47.2 Å². The summed E-state index contributed by atoms with van der Waals surface area (Å²) in [6.07, 6.45) is 4.27. The van der Waals surface area contributed by atoms with Crippen LogP contribution in [-0.2, 0) is 11.3 Å². The monoisotopic (exact) mass is 441 g/mol. The quantitative estimate of drug-likeness (QED) is 0.611. The summed E-state index contributed by atoms with van der Waals surface area (Å²) in [4.78, 5) is 30.1. The van der Waals surface area contributed by atoms with Gasteiger partial charge in [-0.25, -0.2) is 0 Å². The first-order chi connectivity index (χ1) is 14.4. The lowest BCUT2D eigenvalue weighted by atomic mass is 9.92. The molecule has 0 radical (unpaired) electrons. The first-order valence-corrected chi connectivity index (χ1v) is 11.6. The number of aromatic nitrogens is 1. The maximum atomic E-state index is 13.8. The Hall–Kier alpha value is -2.31. The molecule has 0 saturated heterocycles. The summed E-state index contributed by atoms with van der Waals surface area (Å²) < 4.78 is 2.01. The number of amides is 2. The van der Waals surface area contributed by atoms with E-state index in [1.165, 1.54) is 0 Å². The Morgan fingerprint density at radius 2 is 2.00 bits per heavy atom. The minimum Gasteiger partial charge on any atom is -0.351 e. The second-order valence-corrected chi connectivity index (χ2v) is 9.93. The number of thiophene rings is 1. The van der Waals surface area contributed by atoms with Crippen molar-refractivity contribution in [1.29, 1.82) is 0 Å². The van der Waals surface area contributed by atoms with Crippen LogP contribution in [0.1, 0.15) is 48.7 Å². The van der Waals surface area contributed by atoms with Crippen molar-refractivity contribution < 1.29 is 9.59 Å². The molecule has 156 valence electrons. The van der Waals surface area contributed by atoms with Gasteiger partial charge in [-0.05, 0) is 68.0 Å². The second kappa shape index (κ2) is 7.13. The molecule has 1 aromatic carbocycles. The van der Waals surface area contributed by atoms with Crippen LogP contribution in [0.4, 0.5) is 5.69 Å². The van der Waals surface area contributed by atoms with Crippen LogP contribution in [0.2, 0.25) is 5.02 Å². The van der Waals surface area contributed by atoms with E-state index in [1.54, 1.807) is 22.3 Å². The highest BCUT2D eigenvalue weighted by Crippen LogP contribution is 2.39. The van der Waals surface area contributed by atoms with Gasteiger partial charge >= 0.3 is 0 Å². The van der Waals surface area contributed by atoms with Crippen molar-refractivity contribution in [3.05, 3.63) is 52.0 Å². The molecular formula is C23H24ClN3O2S. The van der Waals surface area contributed by atoms with Gasteiger partial charge < -0.3 is 9.88 Å². The van der Waals surface area contributed by atoms with E-state index in [-0.39, 0.29) is 17.9 Å². The third-order valence-electron chi connectivity index (χ3n) is 6.46. The van der Waals surface area contributed by atoms with Crippen molar-refractivity contribution in [3.63, 3.8) is 0 Å². The van der Waals surface area contributed by atoms with Gasteiger partial charge in [0.25, 0.3) is 5.91 Å². The van der Waals surface area contributed by atoms with Crippen molar-refractivity contribution in [2.24, 2.45) is 0 Å². The van der Waals surface area contributed by atoms with Crippen LogP contribution in [0.15, 0.2) is 35.7 Å². The lowest BCUT2D eigenvalue weighted by molar-refractivity contribution is -0.127. The molecule has 0 bridgehead atoms. The smallest absolute Gasteiger partial charge is 0.275 e. The lowest BCUT2D eigenvalue weighted by Gasteiger charge is -2.44. The first kappa shape index (κ1) is 19.6. The van der Waals surface area contributed by atoms with Gasteiger partial charge in [-0.3, -0.25) is 14.5 Å². The highest BCUT2D eigenvalue weighted by atomic mass is 35.5. The number of rotatable bonds is 3. The van der Waals surface area contributed by atoms with Gasteiger partial charge in [-0.2, -0.15) is 0 Å². The van der Waals surface area contributed by atoms with Crippen LogP contribution in [0.3, 0.4) is 0 Å². The molecule has 2 aliphatic rings. The minimum absolute atomic E-state index is 0.0962. The molecule has 1 aliphatic heterocycles. The van der Waals surface area contributed by atoms with Gasteiger partial charge in [0, 0.05) is 22.1 Å². The largest absolute Gasteiger partial charge is 0.351 e. The van der Waals surface area contributed by atoms with Gasteiger partial charge in [0.1, 0.15) is 16.1 Å². The molecule has 1 atom stereocenters. The molecule has 3 heterocycles. The number of aryl methyl sites for hydroxylation is 1. The number of nitrogens with one attached hydrogen (secondary N) is 1. The molecule has 2 aromatic heterocycles. The fourth-order valence-corrected chi connectivity index (χ4v) is 5.98. The standard InChI is InChI=1S/C23H24ClN3O2S/c1-14-11-16(24)7-8-18(14)27-20(28)19-12-15-9-10-30-21(15)26(19)13-23(27,2)22(29)25-17-5-3-4-6-17/h7-12,17H,3-6,13H2,1-2H3,(H,25,29). The van der Waals surface area contributed by atoms with Gasteiger partial charge in [0.2, 0.25) is 5.91 Å². The number of anilines is 1. The average molecular weight is 442 g/mol. The fourth-order valence-electron chi connectivity index (χ4n) is 4.86. The highest BCUT2D eigenvalue weighted by Gasteiger charge is 2.49. The summed E-state index contributed by atoms with van der Waals surface area (Å²) in [6.45, 7) is 4.22. The number of carbonyl (C=O) groups excluding carboxylic acids is 2. The maximum absolute atomic E-state index is 13.8. The molecule has 1 N–H and O–H groups in total. The predicted octanol–water partition coefficient (Wildman–Crippen LogP) is 5.14. The fraction of sp³-hybridized carbons (Fsp3) is 0.391. The number of fused-ring (bicyclic) bond motifs is 3. The van der Waals surface area contributed by atoms with Crippen LogP contribution in [0.25, 0.3) is 10.2 Å². The summed E-state index contributed by atoms with van der Waals surface area (Å²) in [5.41, 5.74) is 1.18. The average Bonchev–Trinajstić information content (AvgIpc) is 3.42. The zero-order chi connectivity index (χ0) is 21.0. The molecule has 1 aliphatic carbocycles. The number of benzene rings is 1. The maximum Gasteiger partial charge on any atom is 0.275 e. The zero-order valence-electron chi connectivity index (χ0n) is 17.1. The Balaban J connectivity index is 1.65. The number of carbonyl (C=O) groups is 2. The van der Waals surface area contributed by atoms with E-state index >= 15 is 0 Å². The van der Waals surface area contributed by atoms with E-state index in [0.29, 0.717) is 17.3 Å². The Morgan fingerprint density at radius 1 is 1.23 bits per heavy atom. The van der Waals surface area contributed by atoms with E-state index in [1.807, 2.05) is 48.1 Å². The summed E-state index contributed by atoms with van der Waals surface area (Å²) >= 11 is 7.77. The van der Waals surface area contributed by atoms with E-state index in [9.17, 15) is 9.59 Å². The van der Waals surface area contributed by atoms with E-state index in [2.05, 4.69) is 5.32 Å². The van der Waals surface area contributed by atoms with Crippen molar-refractivity contribution in [1.82, 2.24) is 9.88 Å². The third kappa shape index (κ3) is 2.96. The molecule has 5 rings (SSSR count). The van der Waals surface area contributed by atoms with Crippen LogP contribution in [0.5, 0.6) is 0 Å². The topological polar surface area (TPSA) is 54.3 Å². The second-order valence-electron chi connectivity index (χ2n) is 8.60. The summed E-state index contributed by atoms with van der Waals surface area (Å²) in [6, 6.07) is 9.60. The van der Waals surface area contributed by atoms with E-state index in [4.69, 9.17) is 11.6 Å². The van der Waals surface area contributed by atoms with Gasteiger partial charge in [0.15, 0.2) is 0 Å². The summed E-state index contributed by atoms with van der Waals surface area (Å²) in [5.74, 6) is -0.250. The van der Waals surface area contributed by atoms with Gasteiger partial charge in [-0.15, -0.1) is 11.3 Å². The summed E-state index contributed by atoms with van der Waals surface area (Å²) in [5, 5.41) is 6.91. The molecular weight excluding hydrogens is 418 g/mol. The molecule has 2 amide bonds. The lowest BCUT2D eigenvalue weighted by Crippen LogP contribution is -2.65. The Bertz CT molecular complexity index is 1160. The third-order valence-corrected chi connectivity index (χ3v) is 7.65. The highest BCUT2D eigenvalue weighted by molar-refractivity contribution is 7.16. The Kier molecular flexibility index (Phi) is 4.67. The van der Waals surface area contributed by atoms with Crippen LogP contribution >= 0.6 is 22.9 Å². The van der Waals surface area contributed by atoms with Crippen LogP contribution in [0, 0.1) is 6.92 Å². The number of hydrogen-bond acceptors (Lipinski definition) is 3. The van der Waals surface area contributed by atoms with Crippen LogP contribution in [-0.4, -0.2) is 28.0 Å². The number of halogens is 1. The number of hydrogen-bond donors (Lipinski definition) is 1. The van der Waals surface area contributed by atoms with Crippen molar-refractivity contribution in [2.75, 3.05) is 4.90 Å².